The Hall–Kier alpha value is -2.00. The van der Waals surface area contributed by atoms with Gasteiger partial charge in [-0.3, -0.25) is 4.79 Å². The van der Waals surface area contributed by atoms with Crippen LogP contribution in [0, 0.1) is 0 Å². The van der Waals surface area contributed by atoms with Gasteiger partial charge >= 0.3 is 0 Å². The highest BCUT2D eigenvalue weighted by Crippen LogP contribution is 2.02. The van der Waals surface area contributed by atoms with Crippen molar-refractivity contribution in [2.24, 2.45) is 5.11 Å². The first kappa shape index (κ1) is 11.1. The summed E-state index contributed by atoms with van der Waals surface area (Å²) in [5.74, 6) is -0.184. The first-order valence-electron chi connectivity index (χ1n) is 4.53. The van der Waals surface area contributed by atoms with Crippen LogP contribution >= 0.6 is 0 Å². The number of likely N-dealkylation sites (N-methyl/N-ethyl adjacent to an activating group) is 1. The van der Waals surface area contributed by atoms with E-state index in [9.17, 15) is 4.79 Å². The molecule has 0 N–H and O–H groups in total. The average Bonchev–Trinajstić information content (AvgIpc) is 2.27. The van der Waals surface area contributed by atoms with Crippen molar-refractivity contribution >= 4 is 5.91 Å². The minimum Gasteiger partial charge on any atom is -0.341 e. The lowest BCUT2D eigenvalue weighted by atomic mass is 10.2. The highest BCUT2D eigenvalue weighted by molar-refractivity contribution is 5.78. The van der Waals surface area contributed by atoms with Gasteiger partial charge in [0.15, 0.2) is 0 Å². The number of carbonyl (C=O) groups excluding carboxylic acids is 1. The van der Waals surface area contributed by atoms with E-state index in [-0.39, 0.29) is 12.5 Å². The summed E-state index contributed by atoms with van der Waals surface area (Å²) in [6.07, 6.45) is 0. The van der Waals surface area contributed by atoms with Crippen molar-refractivity contribution < 1.29 is 4.79 Å². The van der Waals surface area contributed by atoms with Crippen molar-refractivity contribution in [1.29, 1.82) is 0 Å². The van der Waals surface area contributed by atoms with Crippen molar-refractivity contribution in [3.05, 3.63) is 46.3 Å². The van der Waals surface area contributed by atoms with Gasteiger partial charge in [-0.25, -0.2) is 0 Å². The van der Waals surface area contributed by atoms with Gasteiger partial charge in [-0.15, -0.1) is 0 Å². The molecular formula is C10H12N4O. The molecule has 0 spiro atoms. The van der Waals surface area contributed by atoms with E-state index in [0.717, 1.165) is 5.56 Å². The molecule has 1 rings (SSSR count). The van der Waals surface area contributed by atoms with Crippen molar-refractivity contribution in [3.8, 4) is 0 Å². The molecule has 1 amide bonds. The van der Waals surface area contributed by atoms with Gasteiger partial charge in [0.2, 0.25) is 5.91 Å². The fourth-order valence-electron chi connectivity index (χ4n) is 1.16. The lowest BCUT2D eigenvalue weighted by molar-refractivity contribution is -0.128. The van der Waals surface area contributed by atoms with Crippen molar-refractivity contribution in [3.63, 3.8) is 0 Å². The predicted octanol–water partition coefficient (Wildman–Crippen LogP) is 1.96. The van der Waals surface area contributed by atoms with Crippen molar-refractivity contribution in [2.75, 3.05) is 13.6 Å². The molecule has 0 unspecified atom stereocenters. The summed E-state index contributed by atoms with van der Waals surface area (Å²) in [5, 5.41) is 3.22. The predicted molar refractivity (Wildman–Crippen MR) is 56.9 cm³/mol. The molecule has 1 aromatic carbocycles. The van der Waals surface area contributed by atoms with Gasteiger partial charge in [0.1, 0.15) is 6.54 Å². The van der Waals surface area contributed by atoms with Gasteiger partial charge in [0.05, 0.1) is 0 Å². The molecule has 0 aliphatic heterocycles. The van der Waals surface area contributed by atoms with Crippen LogP contribution in [0.1, 0.15) is 5.56 Å². The number of hydrogen-bond donors (Lipinski definition) is 0. The van der Waals surface area contributed by atoms with E-state index in [1.807, 2.05) is 30.3 Å². The first-order valence-corrected chi connectivity index (χ1v) is 4.53. The largest absolute Gasteiger partial charge is 0.341 e. The molecule has 0 aliphatic carbocycles. The number of benzene rings is 1. The molecule has 0 saturated carbocycles. The molecule has 15 heavy (non-hydrogen) atoms. The topological polar surface area (TPSA) is 69.1 Å². The van der Waals surface area contributed by atoms with Gasteiger partial charge in [-0.05, 0) is 11.1 Å². The molecule has 78 valence electrons. The van der Waals surface area contributed by atoms with Crippen LogP contribution in [-0.2, 0) is 11.3 Å². The van der Waals surface area contributed by atoms with Crippen LogP contribution in [0.25, 0.3) is 10.4 Å². The number of amides is 1. The summed E-state index contributed by atoms with van der Waals surface area (Å²) < 4.78 is 0. The molecule has 1 aromatic rings. The Morgan fingerprint density at radius 3 is 2.73 bits per heavy atom. The molecule has 0 aliphatic rings. The molecule has 0 heterocycles. The summed E-state index contributed by atoms with van der Waals surface area (Å²) in [7, 11) is 1.68. The van der Waals surface area contributed by atoms with Gasteiger partial charge in [-0.2, -0.15) is 0 Å². The third kappa shape index (κ3) is 3.70. The van der Waals surface area contributed by atoms with Gasteiger partial charge in [0.25, 0.3) is 0 Å². The molecule has 0 radical (unpaired) electrons. The fraction of sp³-hybridized carbons (Fsp3) is 0.300. The van der Waals surface area contributed by atoms with Crippen LogP contribution < -0.4 is 0 Å². The van der Waals surface area contributed by atoms with Crippen LogP contribution in [-0.4, -0.2) is 24.4 Å². The van der Waals surface area contributed by atoms with E-state index in [1.165, 1.54) is 4.90 Å². The molecule has 5 heteroatoms. The van der Waals surface area contributed by atoms with Crippen molar-refractivity contribution in [1.82, 2.24) is 4.90 Å². The highest BCUT2D eigenvalue weighted by Gasteiger charge is 2.06. The first-order chi connectivity index (χ1) is 7.24. The van der Waals surface area contributed by atoms with E-state index < -0.39 is 0 Å². The summed E-state index contributed by atoms with van der Waals surface area (Å²) in [4.78, 5) is 15.4. The van der Waals surface area contributed by atoms with E-state index in [4.69, 9.17) is 5.53 Å². The number of carbonyl (C=O) groups is 1. The second-order valence-corrected chi connectivity index (χ2v) is 3.12. The molecule has 0 atom stereocenters. The minimum absolute atomic E-state index is 0.125. The number of azide groups is 1. The Morgan fingerprint density at radius 1 is 1.47 bits per heavy atom. The molecule has 5 nitrogen and oxygen atoms in total. The van der Waals surface area contributed by atoms with E-state index in [2.05, 4.69) is 10.0 Å². The zero-order valence-corrected chi connectivity index (χ0v) is 8.50. The Bertz CT molecular complexity index is 370. The summed E-state index contributed by atoms with van der Waals surface area (Å²) in [5.41, 5.74) is 9.12. The zero-order valence-electron chi connectivity index (χ0n) is 8.50. The van der Waals surface area contributed by atoms with E-state index >= 15 is 0 Å². The Morgan fingerprint density at radius 2 is 2.13 bits per heavy atom. The summed E-state index contributed by atoms with van der Waals surface area (Å²) in [6.45, 7) is 0.403. The number of hydrogen-bond acceptors (Lipinski definition) is 2. The maximum atomic E-state index is 11.4. The number of rotatable bonds is 4. The van der Waals surface area contributed by atoms with Gasteiger partial charge in [0, 0.05) is 18.5 Å². The summed E-state index contributed by atoms with van der Waals surface area (Å²) >= 11 is 0. The van der Waals surface area contributed by atoms with Crippen molar-refractivity contribution in [2.45, 2.75) is 6.54 Å². The third-order valence-corrected chi connectivity index (χ3v) is 1.96. The Balaban J connectivity index is 2.52. The standard InChI is InChI=1S/C10H12N4O/c1-14(10(15)7-12-13-11)8-9-5-3-2-4-6-9/h2-6H,7-8H2,1H3. The lowest BCUT2D eigenvalue weighted by Crippen LogP contribution is -2.27. The second kappa shape index (κ2) is 5.67. The van der Waals surface area contributed by atoms with Gasteiger partial charge in [-0.1, -0.05) is 35.4 Å². The highest BCUT2D eigenvalue weighted by atomic mass is 16.2. The number of nitrogens with zero attached hydrogens (tertiary/aromatic N) is 4. The third-order valence-electron chi connectivity index (χ3n) is 1.96. The Labute approximate surface area is 87.9 Å². The molecule has 0 aromatic heterocycles. The van der Waals surface area contributed by atoms with Crippen LogP contribution in [0.4, 0.5) is 0 Å². The second-order valence-electron chi connectivity index (χ2n) is 3.12. The maximum Gasteiger partial charge on any atom is 0.228 e. The summed E-state index contributed by atoms with van der Waals surface area (Å²) in [6, 6.07) is 9.64. The van der Waals surface area contributed by atoms with Crippen LogP contribution in [0.15, 0.2) is 35.4 Å². The normalized spacial score (nSPS) is 9.13. The van der Waals surface area contributed by atoms with E-state index in [1.54, 1.807) is 7.05 Å². The average molecular weight is 204 g/mol. The van der Waals surface area contributed by atoms with Crippen LogP contribution in [0.3, 0.4) is 0 Å². The molecular weight excluding hydrogens is 192 g/mol. The van der Waals surface area contributed by atoms with E-state index in [0.29, 0.717) is 6.54 Å². The van der Waals surface area contributed by atoms with Crippen LogP contribution in [0.5, 0.6) is 0 Å². The van der Waals surface area contributed by atoms with Crippen LogP contribution in [0.2, 0.25) is 0 Å². The minimum atomic E-state index is -0.184. The zero-order chi connectivity index (χ0) is 11.1. The molecule has 0 bridgehead atoms. The molecule has 0 saturated heterocycles. The smallest absolute Gasteiger partial charge is 0.228 e. The SMILES string of the molecule is CN(Cc1ccccc1)C(=O)CN=[N+]=[N-]. The maximum absolute atomic E-state index is 11.4. The lowest BCUT2D eigenvalue weighted by Gasteiger charge is -2.15. The Kier molecular flexibility index (Phi) is 4.19. The fourth-order valence-corrected chi connectivity index (χ4v) is 1.16. The quantitative estimate of drug-likeness (QED) is 0.420. The monoisotopic (exact) mass is 204 g/mol. The molecule has 0 fully saturated rings. The van der Waals surface area contributed by atoms with Gasteiger partial charge < -0.3 is 4.90 Å².